The Kier molecular flexibility index (Phi) is 6.69. The highest BCUT2D eigenvalue weighted by atomic mass is 32.2. The van der Waals surface area contributed by atoms with Crippen molar-refractivity contribution in [3.05, 3.63) is 97.0 Å². The van der Waals surface area contributed by atoms with Crippen LogP contribution in [0.2, 0.25) is 0 Å². The van der Waals surface area contributed by atoms with Crippen molar-refractivity contribution < 1.29 is 4.39 Å². The standard InChI is InChI=1S/C26H22FN5S2/c1-18-16-28-17-32(18)14-13-30-26-29-12-11-23(31-26)25-22(19-5-3-2-4-6-19)15-24(34-25)33-21-9-7-20(27)8-10-21/h2-12,15-17H,13-14H2,1H3,(H,29,30,31). The van der Waals surface area contributed by atoms with Crippen molar-refractivity contribution in [2.45, 2.75) is 22.6 Å². The van der Waals surface area contributed by atoms with Gasteiger partial charge in [-0.05, 0) is 48.9 Å². The summed E-state index contributed by atoms with van der Waals surface area (Å²) in [5.41, 5.74) is 4.23. The number of hydrogen-bond donors (Lipinski definition) is 1. The summed E-state index contributed by atoms with van der Waals surface area (Å²) in [6.45, 7) is 3.52. The number of nitrogens with zero attached hydrogens (tertiary/aromatic N) is 4. The number of aromatic nitrogens is 4. The minimum Gasteiger partial charge on any atom is -0.352 e. The number of anilines is 1. The predicted molar refractivity (Wildman–Crippen MR) is 137 cm³/mol. The van der Waals surface area contributed by atoms with Crippen LogP contribution in [0.4, 0.5) is 10.3 Å². The Morgan fingerprint density at radius 1 is 1.06 bits per heavy atom. The molecule has 34 heavy (non-hydrogen) atoms. The van der Waals surface area contributed by atoms with E-state index in [9.17, 15) is 4.39 Å². The van der Waals surface area contributed by atoms with Crippen LogP contribution in [0.3, 0.4) is 0 Å². The number of thiophene rings is 1. The van der Waals surface area contributed by atoms with E-state index >= 15 is 0 Å². The molecular formula is C26H22FN5S2. The van der Waals surface area contributed by atoms with Gasteiger partial charge in [0.15, 0.2) is 0 Å². The first kappa shape index (κ1) is 22.3. The van der Waals surface area contributed by atoms with Crippen molar-refractivity contribution in [3.8, 4) is 21.7 Å². The Labute approximate surface area is 205 Å². The molecule has 0 spiro atoms. The van der Waals surface area contributed by atoms with Crippen LogP contribution in [-0.4, -0.2) is 26.1 Å². The minimum absolute atomic E-state index is 0.231. The normalized spacial score (nSPS) is 11.0. The third-order valence-corrected chi connectivity index (χ3v) is 7.55. The molecule has 5 aromatic rings. The lowest BCUT2D eigenvalue weighted by molar-refractivity contribution is 0.626. The van der Waals surface area contributed by atoms with Crippen LogP contribution >= 0.6 is 23.1 Å². The summed E-state index contributed by atoms with van der Waals surface area (Å²) in [5.74, 6) is 0.362. The third kappa shape index (κ3) is 5.18. The van der Waals surface area contributed by atoms with Gasteiger partial charge in [-0.1, -0.05) is 42.1 Å². The number of imidazole rings is 1. The van der Waals surface area contributed by atoms with Gasteiger partial charge in [0.2, 0.25) is 5.95 Å². The molecule has 0 aliphatic heterocycles. The molecule has 1 N–H and O–H groups in total. The van der Waals surface area contributed by atoms with Crippen molar-refractivity contribution in [1.82, 2.24) is 19.5 Å². The highest BCUT2D eigenvalue weighted by molar-refractivity contribution is 8.01. The zero-order valence-electron chi connectivity index (χ0n) is 18.5. The molecule has 0 fully saturated rings. The van der Waals surface area contributed by atoms with Crippen LogP contribution in [0.1, 0.15) is 5.69 Å². The molecule has 0 atom stereocenters. The van der Waals surface area contributed by atoms with Gasteiger partial charge in [-0.15, -0.1) is 11.3 Å². The Morgan fingerprint density at radius 2 is 1.88 bits per heavy atom. The molecule has 3 heterocycles. The fraction of sp³-hybridized carbons (Fsp3) is 0.115. The quantitative estimate of drug-likeness (QED) is 0.261. The second kappa shape index (κ2) is 10.2. The van der Waals surface area contributed by atoms with E-state index in [1.165, 1.54) is 12.1 Å². The molecule has 8 heteroatoms. The number of nitrogens with one attached hydrogen (secondary N) is 1. The van der Waals surface area contributed by atoms with Crippen LogP contribution in [-0.2, 0) is 6.54 Å². The molecule has 0 amide bonds. The largest absolute Gasteiger partial charge is 0.352 e. The van der Waals surface area contributed by atoms with Crippen molar-refractivity contribution in [2.24, 2.45) is 0 Å². The Bertz CT molecular complexity index is 1380. The molecule has 0 unspecified atom stereocenters. The molecule has 3 aromatic heterocycles. The second-order valence-corrected chi connectivity index (χ2v) is 10.1. The smallest absolute Gasteiger partial charge is 0.223 e. The summed E-state index contributed by atoms with van der Waals surface area (Å²) in [7, 11) is 0. The maximum absolute atomic E-state index is 13.3. The highest BCUT2D eigenvalue weighted by Gasteiger charge is 2.16. The van der Waals surface area contributed by atoms with E-state index in [4.69, 9.17) is 4.98 Å². The van der Waals surface area contributed by atoms with Crippen LogP contribution in [0.15, 0.2) is 94.6 Å². The van der Waals surface area contributed by atoms with Crippen LogP contribution in [0, 0.1) is 12.7 Å². The molecular weight excluding hydrogens is 465 g/mol. The van der Waals surface area contributed by atoms with E-state index in [0.29, 0.717) is 12.5 Å². The molecule has 0 radical (unpaired) electrons. The average molecular weight is 488 g/mol. The van der Waals surface area contributed by atoms with E-state index in [1.54, 1.807) is 41.4 Å². The minimum atomic E-state index is -0.231. The van der Waals surface area contributed by atoms with Crippen LogP contribution < -0.4 is 5.32 Å². The number of aryl methyl sites for hydroxylation is 1. The third-order valence-electron chi connectivity index (χ3n) is 5.27. The first-order valence-electron chi connectivity index (χ1n) is 10.8. The topological polar surface area (TPSA) is 55.6 Å². The first-order chi connectivity index (χ1) is 16.7. The van der Waals surface area contributed by atoms with Crippen molar-refractivity contribution in [2.75, 3.05) is 11.9 Å². The SMILES string of the molecule is Cc1cncn1CCNc1nccc(-c2sc(Sc3ccc(F)cc3)cc2-c2ccccc2)n1. The summed E-state index contributed by atoms with van der Waals surface area (Å²) in [4.78, 5) is 15.4. The van der Waals surface area contributed by atoms with Gasteiger partial charge in [-0.2, -0.15) is 0 Å². The van der Waals surface area contributed by atoms with Crippen molar-refractivity contribution in [1.29, 1.82) is 0 Å². The van der Waals surface area contributed by atoms with Gasteiger partial charge in [0, 0.05) is 41.6 Å². The first-order valence-corrected chi connectivity index (χ1v) is 12.5. The maximum Gasteiger partial charge on any atom is 0.223 e. The van der Waals surface area contributed by atoms with Crippen molar-refractivity contribution >= 4 is 29.0 Å². The van der Waals surface area contributed by atoms with Crippen LogP contribution in [0.5, 0.6) is 0 Å². The van der Waals surface area contributed by atoms with Gasteiger partial charge in [-0.3, -0.25) is 0 Å². The summed E-state index contributed by atoms with van der Waals surface area (Å²) in [6.07, 6.45) is 5.46. The van der Waals surface area contributed by atoms with E-state index in [2.05, 4.69) is 38.1 Å². The Hall–Kier alpha value is -3.49. The molecule has 170 valence electrons. The molecule has 0 aliphatic carbocycles. The molecule has 5 rings (SSSR count). The fourth-order valence-electron chi connectivity index (χ4n) is 3.54. The Morgan fingerprint density at radius 3 is 2.65 bits per heavy atom. The van der Waals surface area contributed by atoms with Gasteiger partial charge in [-0.25, -0.2) is 19.3 Å². The van der Waals surface area contributed by atoms with E-state index in [-0.39, 0.29) is 5.82 Å². The summed E-state index contributed by atoms with van der Waals surface area (Å²) >= 11 is 3.30. The van der Waals surface area contributed by atoms with E-state index < -0.39 is 0 Å². The lowest BCUT2D eigenvalue weighted by Crippen LogP contribution is -2.12. The zero-order valence-corrected chi connectivity index (χ0v) is 20.1. The van der Waals surface area contributed by atoms with Gasteiger partial charge < -0.3 is 9.88 Å². The van der Waals surface area contributed by atoms with E-state index in [1.807, 2.05) is 43.7 Å². The Balaban J connectivity index is 1.42. The number of rotatable bonds is 8. The van der Waals surface area contributed by atoms with Gasteiger partial charge in [0.1, 0.15) is 5.82 Å². The average Bonchev–Trinajstić information content (AvgIpc) is 3.47. The van der Waals surface area contributed by atoms with Crippen LogP contribution in [0.25, 0.3) is 21.7 Å². The second-order valence-electron chi connectivity index (χ2n) is 7.65. The molecule has 0 saturated heterocycles. The summed E-state index contributed by atoms with van der Waals surface area (Å²) < 4.78 is 16.5. The molecule has 5 nitrogen and oxygen atoms in total. The molecule has 0 saturated carbocycles. The number of benzene rings is 2. The fourth-order valence-corrected chi connectivity index (χ4v) is 5.81. The highest BCUT2D eigenvalue weighted by Crippen LogP contribution is 2.44. The van der Waals surface area contributed by atoms with Gasteiger partial charge in [0.25, 0.3) is 0 Å². The molecule has 0 bridgehead atoms. The zero-order chi connectivity index (χ0) is 23.3. The van der Waals surface area contributed by atoms with Crippen molar-refractivity contribution in [3.63, 3.8) is 0 Å². The molecule has 2 aromatic carbocycles. The lowest BCUT2D eigenvalue weighted by atomic mass is 10.1. The van der Waals surface area contributed by atoms with Gasteiger partial charge >= 0.3 is 0 Å². The number of halogens is 1. The maximum atomic E-state index is 13.3. The van der Waals surface area contributed by atoms with E-state index in [0.717, 1.165) is 43.0 Å². The molecule has 0 aliphatic rings. The summed E-state index contributed by atoms with van der Waals surface area (Å²) in [6, 6.07) is 21.0. The summed E-state index contributed by atoms with van der Waals surface area (Å²) in [5, 5.41) is 3.32. The predicted octanol–water partition coefficient (Wildman–Crippen LogP) is 6.78. The van der Waals surface area contributed by atoms with Gasteiger partial charge in [0.05, 0.1) is 21.1 Å². The lowest BCUT2D eigenvalue weighted by Gasteiger charge is -2.09. The number of hydrogen-bond acceptors (Lipinski definition) is 6. The monoisotopic (exact) mass is 487 g/mol.